The lowest BCUT2D eigenvalue weighted by atomic mass is 10.2. The lowest BCUT2D eigenvalue weighted by Crippen LogP contribution is -2.01. The van der Waals surface area contributed by atoms with Gasteiger partial charge in [-0.25, -0.2) is 0 Å². The number of halogens is 1. The molecule has 0 saturated heterocycles. The molecule has 0 radical (unpaired) electrons. The van der Waals surface area contributed by atoms with Crippen molar-refractivity contribution >= 4 is 23.4 Å². The van der Waals surface area contributed by atoms with Crippen LogP contribution in [0.25, 0.3) is 17.1 Å². The maximum Gasteiger partial charge on any atom is 0.239 e. The number of aromatic nitrogens is 5. The number of hydrogen-bond donors (Lipinski definition) is 0. The summed E-state index contributed by atoms with van der Waals surface area (Å²) < 4.78 is 13.0. The van der Waals surface area contributed by atoms with Crippen LogP contribution >= 0.6 is 23.4 Å². The molecule has 1 atom stereocenters. The molecule has 0 saturated carbocycles. The van der Waals surface area contributed by atoms with Gasteiger partial charge in [0.1, 0.15) is 5.75 Å². The number of nitrogens with zero attached hydrogens (tertiary/aromatic N) is 5. The first-order chi connectivity index (χ1) is 15.1. The van der Waals surface area contributed by atoms with Gasteiger partial charge in [0.25, 0.3) is 0 Å². The Kier molecular flexibility index (Phi) is 6.58. The molecule has 2 heterocycles. The molecule has 0 bridgehead atoms. The van der Waals surface area contributed by atoms with Gasteiger partial charge in [-0.1, -0.05) is 47.6 Å². The minimum absolute atomic E-state index is 0.0920. The second-order valence-corrected chi connectivity index (χ2v) is 8.49. The topological polar surface area (TPSA) is 78.9 Å². The third kappa shape index (κ3) is 4.75. The lowest BCUT2D eigenvalue weighted by Gasteiger charge is -2.13. The molecule has 9 heteroatoms. The number of hydrogen-bond acceptors (Lipinski definition) is 7. The van der Waals surface area contributed by atoms with Crippen LogP contribution in [0.15, 0.2) is 58.2 Å². The van der Waals surface area contributed by atoms with Crippen molar-refractivity contribution < 1.29 is 9.26 Å². The van der Waals surface area contributed by atoms with Gasteiger partial charge in [0.2, 0.25) is 5.89 Å². The molecule has 4 aromatic rings. The van der Waals surface area contributed by atoms with E-state index >= 15 is 0 Å². The fraction of sp³-hybridized carbons (Fsp3) is 0.273. The second kappa shape index (κ2) is 9.53. The summed E-state index contributed by atoms with van der Waals surface area (Å²) >= 11 is 7.73. The van der Waals surface area contributed by atoms with Gasteiger partial charge in [-0.3, -0.25) is 4.57 Å². The average molecular weight is 456 g/mol. The highest BCUT2D eigenvalue weighted by molar-refractivity contribution is 7.99. The van der Waals surface area contributed by atoms with Crippen molar-refractivity contribution in [2.24, 2.45) is 0 Å². The summed E-state index contributed by atoms with van der Waals surface area (Å²) in [5.41, 5.74) is 1.79. The highest BCUT2D eigenvalue weighted by atomic mass is 35.5. The van der Waals surface area contributed by atoms with E-state index < -0.39 is 0 Å². The van der Waals surface area contributed by atoms with Gasteiger partial charge < -0.3 is 9.26 Å². The average Bonchev–Trinajstić information content (AvgIpc) is 3.42. The van der Waals surface area contributed by atoms with Gasteiger partial charge in [0, 0.05) is 22.7 Å². The summed E-state index contributed by atoms with van der Waals surface area (Å²) in [7, 11) is 0. The standard InChI is InChI=1S/C22H22ClN5O2S/c1-4-19-24-21(30-27-19)14(3)31-22-26-25-20(15-7-6-8-16(23)13-15)28(22)17-9-11-18(12-10-17)29-5-2/h6-14H,4-5H2,1-3H3. The summed E-state index contributed by atoms with van der Waals surface area (Å²) in [6, 6.07) is 15.4. The van der Waals surface area contributed by atoms with E-state index in [1.165, 1.54) is 11.8 Å². The summed E-state index contributed by atoms with van der Waals surface area (Å²) in [6.07, 6.45) is 0.724. The number of aryl methyl sites for hydroxylation is 1. The molecular weight excluding hydrogens is 434 g/mol. The predicted octanol–water partition coefficient (Wildman–Crippen LogP) is 5.79. The Labute approximate surface area is 189 Å². The highest BCUT2D eigenvalue weighted by Gasteiger charge is 2.22. The Morgan fingerprint density at radius 3 is 2.61 bits per heavy atom. The van der Waals surface area contributed by atoms with Crippen molar-refractivity contribution in [2.45, 2.75) is 37.6 Å². The molecule has 7 nitrogen and oxygen atoms in total. The Hall–Kier alpha value is -2.84. The van der Waals surface area contributed by atoms with E-state index in [0.717, 1.165) is 23.4 Å². The molecule has 0 amide bonds. The first kappa shape index (κ1) is 21.4. The molecule has 0 spiro atoms. The van der Waals surface area contributed by atoms with Crippen LogP contribution in [-0.2, 0) is 6.42 Å². The predicted molar refractivity (Wildman–Crippen MR) is 121 cm³/mol. The molecule has 0 aliphatic carbocycles. The van der Waals surface area contributed by atoms with Crippen molar-refractivity contribution in [1.29, 1.82) is 0 Å². The van der Waals surface area contributed by atoms with Crippen LogP contribution < -0.4 is 4.74 Å². The molecule has 0 aliphatic heterocycles. The zero-order chi connectivity index (χ0) is 21.8. The van der Waals surface area contributed by atoms with E-state index in [9.17, 15) is 0 Å². The van der Waals surface area contributed by atoms with E-state index in [1.54, 1.807) is 0 Å². The van der Waals surface area contributed by atoms with Crippen LogP contribution in [0.1, 0.15) is 37.7 Å². The summed E-state index contributed by atoms with van der Waals surface area (Å²) in [4.78, 5) is 4.45. The van der Waals surface area contributed by atoms with Gasteiger partial charge in [-0.05, 0) is 50.2 Å². The fourth-order valence-corrected chi connectivity index (χ4v) is 4.12. The van der Waals surface area contributed by atoms with E-state index in [4.69, 9.17) is 20.9 Å². The Balaban J connectivity index is 1.74. The smallest absolute Gasteiger partial charge is 0.239 e. The Bertz CT molecular complexity index is 1160. The lowest BCUT2D eigenvalue weighted by molar-refractivity contribution is 0.340. The van der Waals surface area contributed by atoms with Crippen LogP contribution in [0.3, 0.4) is 0 Å². The highest BCUT2D eigenvalue weighted by Crippen LogP contribution is 2.37. The maximum atomic E-state index is 6.23. The zero-order valence-electron chi connectivity index (χ0n) is 17.4. The maximum absolute atomic E-state index is 6.23. The van der Waals surface area contributed by atoms with Gasteiger partial charge in [-0.15, -0.1) is 10.2 Å². The normalized spacial score (nSPS) is 12.1. The van der Waals surface area contributed by atoms with Crippen molar-refractivity contribution in [3.05, 3.63) is 65.3 Å². The molecule has 0 fully saturated rings. The van der Waals surface area contributed by atoms with Crippen LogP contribution in [0.4, 0.5) is 0 Å². The number of thioether (sulfide) groups is 1. The molecule has 0 N–H and O–H groups in total. The SMILES string of the molecule is CCOc1ccc(-n2c(SC(C)c3nc(CC)no3)nnc2-c2cccc(Cl)c2)cc1. The van der Waals surface area contributed by atoms with Crippen LogP contribution in [0.2, 0.25) is 5.02 Å². The molecule has 1 unspecified atom stereocenters. The number of benzene rings is 2. The van der Waals surface area contributed by atoms with E-state index in [2.05, 4.69) is 20.3 Å². The van der Waals surface area contributed by atoms with E-state index in [0.29, 0.717) is 34.3 Å². The second-order valence-electron chi connectivity index (χ2n) is 6.74. The number of ether oxygens (including phenoxy) is 1. The summed E-state index contributed by atoms with van der Waals surface area (Å²) in [5.74, 6) is 2.76. The van der Waals surface area contributed by atoms with Crippen LogP contribution in [0.5, 0.6) is 5.75 Å². The first-order valence-electron chi connectivity index (χ1n) is 10.0. The summed E-state index contributed by atoms with van der Waals surface area (Å²) in [5, 5.41) is 14.2. The zero-order valence-corrected chi connectivity index (χ0v) is 19.0. The van der Waals surface area contributed by atoms with Crippen LogP contribution in [-0.4, -0.2) is 31.5 Å². The molecule has 2 aromatic carbocycles. The quantitative estimate of drug-likeness (QED) is 0.311. The van der Waals surface area contributed by atoms with Crippen molar-refractivity contribution in [3.63, 3.8) is 0 Å². The molecule has 31 heavy (non-hydrogen) atoms. The van der Waals surface area contributed by atoms with Crippen molar-refractivity contribution in [3.8, 4) is 22.8 Å². The molecule has 2 aromatic heterocycles. The van der Waals surface area contributed by atoms with E-state index in [-0.39, 0.29) is 5.25 Å². The molecule has 4 rings (SSSR count). The van der Waals surface area contributed by atoms with Gasteiger partial charge in [0.05, 0.1) is 11.9 Å². The minimum Gasteiger partial charge on any atom is -0.494 e. The van der Waals surface area contributed by atoms with Gasteiger partial charge in [-0.2, -0.15) is 4.98 Å². The molecule has 160 valence electrons. The fourth-order valence-electron chi connectivity index (χ4n) is 3.04. The Morgan fingerprint density at radius 1 is 1.13 bits per heavy atom. The molecule has 0 aliphatic rings. The largest absolute Gasteiger partial charge is 0.494 e. The minimum atomic E-state index is -0.0920. The monoisotopic (exact) mass is 455 g/mol. The van der Waals surface area contributed by atoms with Gasteiger partial charge >= 0.3 is 0 Å². The van der Waals surface area contributed by atoms with Crippen molar-refractivity contribution in [2.75, 3.05) is 6.61 Å². The Morgan fingerprint density at radius 2 is 1.94 bits per heavy atom. The summed E-state index contributed by atoms with van der Waals surface area (Å²) in [6.45, 7) is 6.57. The first-order valence-corrected chi connectivity index (χ1v) is 11.3. The third-order valence-corrected chi connectivity index (χ3v) is 5.82. The molecular formula is C22H22ClN5O2S. The number of rotatable bonds is 8. The third-order valence-electron chi connectivity index (χ3n) is 4.55. The van der Waals surface area contributed by atoms with Crippen molar-refractivity contribution in [1.82, 2.24) is 24.9 Å². The van der Waals surface area contributed by atoms with Crippen LogP contribution in [0, 0.1) is 0 Å². The van der Waals surface area contributed by atoms with E-state index in [1.807, 2.05) is 73.9 Å². The van der Waals surface area contributed by atoms with Gasteiger partial charge in [0.15, 0.2) is 16.8 Å².